The van der Waals surface area contributed by atoms with Crippen LogP contribution in [0.2, 0.25) is 0 Å². The number of para-hydroxylation sites is 2. The van der Waals surface area contributed by atoms with Gasteiger partial charge in [-0.1, -0.05) is 24.3 Å². The zero-order chi connectivity index (χ0) is 21.6. The van der Waals surface area contributed by atoms with E-state index in [0.29, 0.717) is 16.9 Å². The SMILES string of the molecule is O=C(O)c1cccc2c1N[C@H](C(=O)O)[C@H]1C[C@@H](Sc3ccccc3[N+](=O)[O-])[C@@H](Cl)[C@@H]21. The summed E-state index contributed by atoms with van der Waals surface area (Å²) >= 11 is 8.07. The predicted molar refractivity (Wildman–Crippen MR) is 112 cm³/mol. The first-order chi connectivity index (χ1) is 14.3. The van der Waals surface area contributed by atoms with Crippen molar-refractivity contribution in [3.8, 4) is 0 Å². The van der Waals surface area contributed by atoms with Gasteiger partial charge in [-0.05, 0) is 30.0 Å². The summed E-state index contributed by atoms with van der Waals surface area (Å²) in [5.41, 5.74) is 0.919. The maximum Gasteiger partial charge on any atom is 0.337 e. The monoisotopic (exact) mass is 448 g/mol. The van der Waals surface area contributed by atoms with Crippen molar-refractivity contribution in [1.82, 2.24) is 0 Å². The summed E-state index contributed by atoms with van der Waals surface area (Å²) in [5, 5.41) is 32.7. The van der Waals surface area contributed by atoms with Gasteiger partial charge in [-0.15, -0.1) is 23.4 Å². The summed E-state index contributed by atoms with van der Waals surface area (Å²) < 4.78 is 0. The number of halogens is 1. The number of carboxylic acids is 2. The third kappa shape index (κ3) is 3.37. The fourth-order valence-corrected chi connectivity index (χ4v) is 6.38. The van der Waals surface area contributed by atoms with Gasteiger partial charge in [0.05, 0.1) is 26.4 Å². The molecule has 156 valence electrons. The van der Waals surface area contributed by atoms with Crippen molar-refractivity contribution >= 4 is 46.7 Å². The molecule has 1 heterocycles. The Kier molecular flexibility index (Phi) is 5.33. The second-order valence-corrected chi connectivity index (χ2v) is 9.07. The van der Waals surface area contributed by atoms with E-state index in [2.05, 4.69) is 5.32 Å². The number of hydrogen-bond donors (Lipinski definition) is 3. The van der Waals surface area contributed by atoms with Crippen LogP contribution in [-0.4, -0.2) is 43.7 Å². The molecule has 0 unspecified atom stereocenters. The zero-order valence-electron chi connectivity index (χ0n) is 15.4. The predicted octanol–water partition coefficient (Wildman–Crippen LogP) is 4.04. The first-order valence-electron chi connectivity index (χ1n) is 9.19. The molecule has 0 amide bonds. The van der Waals surface area contributed by atoms with Crippen LogP contribution in [-0.2, 0) is 4.79 Å². The van der Waals surface area contributed by atoms with Gasteiger partial charge in [-0.3, -0.25) is 10.1 Å². The molecule has 30 heavy (non-hydrogen) atoms. The van der Waals surface area contributed by atoms with Gasteiger partial charge in [0, 0.05) is 17.2 Å². The quantitative estimate of drug-likeness (QED) is 0.355. The number of nitro groups is 1. The molecule has 2 aromatic carbocycles. The Labute approximate surface area is 180 Å². The van der Waals surface area contributed by atoms with Crippen LogP contribution in [0.5, 0.6) is 0 Å². The van der Waals surface area contributed by atoms with Crippen LogP contribution in [0.1, 0.15) is 28.3 Å². The molecule has 0 bridgehead atoms. The fourth-order valence-electron chi connectivity index (χ4n) is 4.44. The Hall–Kier alpha value is -2.78. The van der Waals surface area contributed by atoms with Crippen LogP contribution in [0.15, 0.2) is 47.4 Å². The van der Waals surface area contributed by atoms with Crippen molar-refractivity contribution in [3.05, 3.63) is 63.7 Å². The van der Waals surface area contributed by atoms with Gasteiger partial charge in [0.2, 0.25) is 0 Å². The molecule has 1 aliphatic heterocycles. The van der Waals surface area contributed by atoms with E-state index in [1.165, 1.54) is 23.9 Å². The number of nitrogens with one attached hydrogen (secondary N) is 1. The van der Waals surface area contributed by atoms with Gasteiger partial charge in [-0.2, -0.15) is 0 Å². The summed E-state index contributed by atoms with van der Waals surface area (Å²) in [4.78, 5) is 35.0. The lowest BCUT2D eigenvalue weighted by atomic mass is 9.78. The lowest BCUT2D eigenvalue weighted by molar-refractivity contribution is -0.387. The zero-order valence-corrected chi connectivity index (χ0v) is 17.0. The first kappa shape index (κ1) is 20.5. The number of carboxylic acid groups (broad SMARTS) is 2. The molecule has 2 aromatic rings. The molecular formula is C20H17ClN2O6S. The number of aliphatic carboxylic acids is 1. The Morgan fingerprint density at radius 2 is 1.90 bits per heavy atom. The normalized spacial score (nSPS) is 26.9. The molecule has 1 saturated carbocycles. The standard InChI is InChI=1S/C20H17ClN2O6S/c21-16-14(30-13-7-2-1-6-12(13)23(28)29)8-11-15(16)9-4-3-5-10(19(24)25)17(9)22-18(11)20(26)27/h1-7,11,14-16,18,22H,8H2,(H,24,25)(H,26,27)/t11-,14+,15-,16+,18-/m0/s1. The summed E-state index contributed by atoms with van der Waals surface area (Å²) in [7, 11) is 0. The maximum absolute atomic E-state index is 12.0. The van der Waals surface area contributed by atoms with Gasteiger partial charge < -0.3 is 15.5 Å². The van der Waals surface area contributed by atoms with E-state index in [9.17, 15) is 29.9 Å². The Bertz CT molecular complexity index is 1050. The molecule has 5 atom stereocenters. The largest absolute Gasteiger partial charge is 0.480 e. The number of benzene rings is 2. The number of rotatable bonds is 5. The van der Waals surface area contributed by atoms with Crippen molar-refractivity contribution in [2.24, 2.45) is 5.92 Å². The van der Waals surface area contributed by atoms with Gasteiger partial charge in [-0.25, -0.2) is 9.59 Å². The maximum atomic E-state index is 12.0. The van der Waals surface area contributed by atoms with Crippen LogP contribution < -0.4 is 5.32 Å². The van der Waals surface area contributed by atoms with E-state index in [1.807, 2.05) is 0 Å². The van der Waals surface area contributed by atoms with Crippen LogP contribution in [0.3, 0.4) is 0 Å². The summed E-state index contributed by atoms with van der Waals surface area (Å²) in [6.45, 7) is 0. The summed E-state index contributed by atoms with van der Waals surface area (Å²) in [5.74, 6) is -3.00. The number of fused-ring (bicyclic) bond motifs is 3. The molecule has 1 fully saturated rings. The minimum Gasteiger partial charge on any atom is -0.480 e. The summed E-state index contributed by atoms with van der Waals surface area (Å²) in [6, 6.07) is 10.2. The van der Waals surface area contributed by atoms with Crippen LogP contribution in [0.4, 0.5) is 11.4 Å². The Balaban J connectivity index is 1.73. The highest BCUT2D eigenvalue weighted by atomic mass is 35.5. The Morgan fingerprint density at radius 3 is 2.57 bits per heavy atom. The van der Waals surface area contributed by atoms with Gasteiger partial charge in [0.15, 0.2) is 0 Å². The second kappa shape index (κ2) is 7.81. The minimum absolute atomic E-state index is 0.00383. The molecular weight excluding hydrogens is 432 g/mol. The summed E-state index contributed by atoms with van der Waals surface area (Å²) in [6.07, 6.45) is 0.427. The molecule has 8 nitrogen and oxygen atoms in total. The number of thioether (sulfide) groups is 1. The van der Waals surface area contributed by atoms with Gasteiger partial charge in [0.25, 0.3) is 5.69 Å². The van der Waals surface area contributed by atoms with Crippen molar-refractivity contribution in [3.63, 3.8) is 0 Å². The number of nitro benzene ring substituents is 1. The minimum atomic E-state index is -1.16. The van der Waals surface area contributed by atoms with Crippen molar-refractivity contribution in [1.29, 1.82) is 0 Å². The molecule has 2 aliphatic rings. The Morgan fingerprint density at radius 1 is 1.17 bits per heavy atom. The lowest BCUT2D eigenvalue weighted by Gasteiger charge is -2.36. The highest BCUT2D eigenvalue weighted by molar-refractivity contribution is 8.00. The van der Waals surface area contributed by atoms with E-state index in [0.717, 1.165) is 0 Å². The molecule has 1 aliphatic carbocycles. The van der Waals surface area contributed by atoms with E-state index >= 15 is 0 Å². The van der Waals surface area contributed by atoms with Gasteiger partial charge >= 0.3 is 11.9 Å². The highest BCUT2D eigenvalue weighted by Crippen LogP contribution is 2.55. The number of hydrogen-bond acceptors (Lipinski definition) is 6. The van der Waals surface area contributed by atoms with Gasteiger partial charge in [0.1, 0.15) is 6.04 Å². The molecule has 0 spiro atoms. The first-order valence-corrected chi connectivity index (χ1v) is 10.5. The highest BCUT2D eigenvalue weighted by Gasteiger charge is 2.52. The van der Waals surface area contributed by atoms with E-state index in [4.69, 9.17) is 11.6 Å². The van der Waals surface area contributed by atoms with Crippen molar-refractivity contribution in [2.75, 3.05) is 5.32 Å². The topological polar surface area (TPSA) is 130 Å². The smallest absolute Gasteiger partial charge is 0.337 e. The average Bonchev–Trinajstić information content (AvgIpc) is 3.03. The number of carbonyl (C=O) groups is 2. The number of anilines is 1. The fraction of sp³-hybridized carbons (Fsp3) is 0.300. The molecule has 0 radical (unpaired) electrons. The van der Waals surface area contributed by atoms with E-state index < -0.39 is 28.3 Å². The number of alkyl halides is 1. The third-order valence-corrected chi connectivity index (χ3v) is 7.80. The molecule has 0 aromatic heterocycles. The average molecular weight is 449 g/mol. The molecule has 10 heteroatoms. The van der Waals surface area contributed by atoms with Crippen LogP contribution >= 0.6 is 23.4 Å². The number of aromatic carboxylic acids is 1. The third-order valence-electron chi connectivity index (χ3n) is 5.68. The van der Waals surface area contributed by atoms with Crippen LogP contribution in [0, 0.1) is 16.0 Å². The molecule has 4 rings (SSSR count). The van der Waals surface area contributed by atoms with Crippen molar-refractivity contribution in [2.45, 2.75) is 33.9 Å². The molecule has 0 saturated heterocycles. The molecule has 3 N–H and O–H groups in total. The number of nitrogens with zero attached hydrogens (tertiary/aromatic N) is 1. The second-order valence-electron chi connectivity index (χ2n) is 7.29. The lowest BCUT2D eigenvalue weighted by Crippen LogP contribution is -2.43. The van der Waals surface area contributed by atoms with Crippen LogP contribution in [0.25, 0.3) is 0 Å². The van der Waals surface area contributed by atoms with E-state index in [1.54, 1.807) is 30.3 Å². The van der Waals surface area contributed by atoms with E-state index in [-0.39, 0.29) is 34.0 Å². The van der Waals surface area contributed by atoms with Crippen molar-refractivity contribution < 1.29 is 24.7 Å².